The minimum atomic E-state index is -0.378. The van der Waals surface area contributed by atoms with E-state index in [1.54, 1.807) is 0 Å². The molecule has 0 aliphatic carbocycles. The Bertz CT molecular complexity index is 2600. The topological polar surface area (TPSA) is 94.3 Å². The van der Waals surface area contributed by atoms with E-state index in [9.17, 15) is 0 Å². The average molecular weight is 962 g/mol. The number of para-hydroxylation sites is 4. The lowest BCUT2D eigenvalue weighted by Crippen LogP contribution is -2.28. The largest absolute Gasteiger partial charge is 0.432 e. The summed E-state index contributed by atoms with van der Waals surface area (Å²) in [5, 5.41) is 13.7. The van der Waals surface area contributed by atoms with Gasteiger partial charge >= 0.3 is 29.9 Å². The summed E-state index contributed by atoms with van der Waals surface area (Å²) in [6, 6.07) is 74.4. The first-order valence-electron chi connectivity index (χ1n) is 25.2. The van der Waals surface area contributed by atoms with Crippen LogP contribution in [0, 0.1) is 0 Å². The van der Waals surface area contributed by atoms with Crippen molar-refractivity contribution in [2.45, 2.75) is 25.0 Å². The maximum atomic E-state index is 7.56. The molecule has 0 fully saturated rings. The fourth-order valence-electron chi connectivity index (χ4n) is 8.27. The van der Waals surface area contributed by atoms with Crippen LogP contribution in [0.3, 0.4) is 0 Å². The molecule has 0 saturated heterocycles. The third-order valence-corrected chi connectivity index (χ3v) is 12.0. The predicted molar refractivity (Wildman–Crippen MR) is 305 cm³/mol. The molecule has 13 heteroatoms. The lowest BCUT2D eigenvalue weighted by atomic mass is 9.80. The van der Waals surface area contributed by atoms with Gasteiger partial charge in [-0.3, -0.25) is 0 Å². The number of rotatable bonds is 32. The fourth-order valence-corrected chi connectivity index (χ4v) is 8.27. The van der Waals surface area contributed by atoms with Crippen molar-refractivity contribution in [3.05, 3.63) is 241 Å². The lowest BCUT2D eigenvalue weighted by Gasteiger charge is -2.28. The number of benzene rings is 8. The number of nitrogens with one attached hydrogen (secondary N) is 4. The van der Waals surface area contributed by atoms with Crippen molar-refractivity contribution in [2.75, 3.05) is 73.9 Å². The minimum absolute atomic E-state index is 0.378. The van der Waals surface area contributed by atoms with E-state index in [0.717, 1.165) is 66.9 Å². The molecule has 0 aromatic heterocycles. The van der Waals surface area contributed by atoms with Gasteiger partial charge in [0.05, 0.1) is 12.2 Å². The lowest BCUT2D eigenvalue weighted by molar-refractivity contribution is -0.0146. The summed E-state index contributed by atoms with van der Waals surface area (Å²) < 4.78 is 32.1. The van der Waals surface area contributed by atoms with Crippen LogP contribution < -0.4 is 43.1 Å². The maximum absolute atomic E-state index is 7.56. The van der Waals surface area contributed by atoms with Crippen LogP contribution in [-0.4, -0.2) is 82.5 Å². The molecule has 4 radical (unpaired) electrons. The van der Waals surface area contributed by atoms with Gasteiger partial charge in [-0.05, 0) is 70.8 Å². The van der Waals surface area contributed by atoms with Gasteiger partial charge in [-0.1, -0.05) is 192 Å². The van der Waals surface area contributed by atoms with Crippen LogP contribution in [0.25, 0.3) is 0 Å². The predicted octanol–water partition coefficient (Wildman–Crippen LogP) is 8.46. The normalized spacial score (nSPS) is 11.7. The molecule has 364 valence electrons. The first-order valence-corrected chi connectivity index (χ1v) is 25.2. The Hall–Kier alpha value is -6.98. The van der Waals surface area contributed by atoms with Crippen molar-refractivity contribution in [1.29, 1.82) is 0 Å². The molecule has 0 heterocycles. The summed E-state index contributed by atoms with van der Waals surface area (Å²) in [6.07, 6.45) is 0.400. The monoisotopic (exact) mass is 963 g/mol. The summed E-state index contributed by atoms with van der Waals surface area (Å²) >= 11 is 0. The quantitative estimate of drug-likeness (QED) is 0.0245. The van der Waals surface area contributed by atoms with E-state index in [-0.39, 0.29) is 12.2 Å². The van der Waals surface area contributed by atoms with Crippen molar-refractivity contribution in [3.8, 4) is 0 Å². The molecule has 0 spiro atoms. The Morgan fingerprint density at radius 2 is 0.630 bits per heavy atom. The minimum Gasteiger partial charge on any atom is -0.432 e. The van der Waals surface area contributed by atoms with Crippen LogP contribution in [0.4, 0.5) is 22.7 Å². The molecule has 2 atom stereocenters. The summed E-state index contributed by atoms with van der Waals surface area (Å²) in [7, 11) is 7.40. The smallest absolute Gasteiger partial charge is 0.330 e. The second-order valence-electron chi connectivity index (χ2n) is 17.4. The second-order valence-corrected chi connectivity index (χ2v) is 17.4. The summed E-state index contributed by atoms with van der Waals surface area (Å²) in [5.74, 6) is 0. The van der Waals surface area contributed by atoms with Crippen LogP contribution in [-0.2, 0) is 36.2 Å². The Kier molecular flexibility index (Phi) is 21.6. The highest BCUT2D eigenvalue weighted by atomic mass is 16.5. The number of hydrogen-bond acceptors (Lipinski definition) is 9. The SMILES string of the molecule is [B](OCCNc1ccccc1)c1cccc(C(Cc2ccccc2[B]OCCNc2ccccc2)OC(Cc2ccccc2[B]OCCNc2ccccc2)c2cccc([B]OCCNc3ccccc3)c2)c1. The highest BCUT2D eigenvalue weighted by Gasteiger charge is 2.24. The summed E-state index contributed by atoms with van der Waals surface area (Å²) in [5.41, 5.74) is 12.4. The molecule has 8 aromatic carbocycles. The summed E-state index contributed by atoms with van der Waals surface area (Å²) in [6.45, 7) is 4.72. The Balaban J connectivity index is 1.02. The summed E-state index contributed by atoms with van der Waals surface area (Å²) in [4.78, 5) is 0. The molecular formula is C60H62B4N4O5. The van der Waals surface area contributed by atoms with E-state index in [2.05, 4.69) is 155 Å². The first kappa shape index (κ1) is 52.3. The molecule has 73 heavy (non-hydrogen) atoms. The standard InChI is InChI=1S/C60H62B4N4O5/c1-5-25-53(26-6-1)65-35-39-69-61-51-23-17-21-49(43-51)59(45-47-19-13-15-33-57(47)63-71-41-37-67-55-29-9-3-10-30-55)73-60(50-22-18-24-52(44-50)62-70-40-36-66-54-27-7-2-8-28-54)46-48-20-14-16-34-58(48)64-72-42-38-68-56-31-11-4-12-32-56/h1-34,43-44,59-60,65-68H,35-42,45-46H2. The third kappa shape index (κ3) is 18.2. The fraction of sp³-hybridized carbons (Fsp3) is 0.200. The van der Waals surface area contributed by atoms with Crippen LogP contribution in [0.5, 0.6) is 0 Å². The van der Waals surface area contributed by atoms with Crippen LogP contribution in [0.1, 0.15) is 34.5 Å². The van der Waals surface area contributed by atoms with Crippen LogP contribution in [0.15, 0.2) is 218 Å². The Morgan fingerprint density at radius 1 is 0.315 bits per heavy atom. The molecule has 0 bridgehead atoms. The zero-order chi connectivity index (χ0) is 49.8. The first-order chi connectivity index (χ1) is 36.2. The molecule has 8 rings (SSSR count). The van der Waals surface area contributed by atoms with Gasteiger partial charge in [-0.15, -0.1) is 0 Å². The second kappa shape index (κ2) is 30.1. The van der Waals surface area contributed by atoms with Gasteiger partial charge in [0, 0.05) is 88.2 Å². The van der Waals surface area contributed by atoms with Crippen molar-refractivity contribution in [2.24, 2.45) is 0 Å². The van der Waals surface area contributed by atoms with Crippen LogP contribution >= 0.6 is 0 Å². The van der Waals surface area contributed by atoms with E-state index in [4.69, 9.17) is 23.4 Å². The van der Waals surface area contributed by atoms with Crippen molar-refractivity contribution in [1.82, 2.24) is 0 Å². The van der Waals surface area contributed by atoms with Crippen molar-refractivity contribution in [3.63, 3.8) is 0 Å². The van der Waals surface area contributed by atoms with E-state index >= 15 is 0 Å². The molecule has 8 aromatic rings. The van der Waals surface area contributed by atoms with Gasteiger partial charge in [-0.2, -0.15) is 0 Å². The van der Waals surface area contributed by atoms with Crippen LogP contribution in [0.2, 0.25) is 0 Å². The van der Waals surface area contributed by atoms with E-state index in [1.807, 2.05) is 115 Å². The van der Waals surface area contributed by atoms with Gasteiger partial charge in [-0.25, -0.2) is 0 Å². The number of hydrogen-bond donors (Lipinski definition) is 4. The molecular weight excluding hydrogens is 900 g/mol. The van der Waals surface area contributed by atoms with E-state index in [1.165, 1.54) is 0 Å². The zero-order valence-corrected chi connectivity index (χ0v) is 41.4. The molecule has 2 unspecified atom stereocenters. The van der Waals surface area contributed by atoms with Gasteiger partial charge in [0.1, 0.15) is 0 Å². The highest BCUT2D eigenvalue weighted by Crippen LogP contribution is 2.32. The molecule has 0 amide bonds. The Morgan fingerprint density at radius 3 is 0.986 bits per heavy atom. The highest BCUT2D eigenvalue weighted by molar-refractivity contribution is 6.48. The van der Waals surface area contributed by atoms with Gasteiger partial charge in [0.2, 0.25) is 0 Å². The molecule has 9 nitrogen and oxygen atoms in total. The Labute approximate surface area is 435 Å². The maximum Gasteiger partial charge on any atom is 0.330 e. The zero-order valence-electron chi connectivity index (χ0n) is 41.4. The van der Waals surface area contributed by atoms with Gasteiger partial charge in [0.25, 0.3) is 0 Å². The van der Waals surface area contributed by atoms with E-state index in [0.29, 0.717) is 65.4 Å². The number of anilines is 4. The molecule has 0 saturated carbocycles. The molecule has 4 N–H and O–H groups in total. The molecule has 0 aliphatic rings. The van der Waals surface area contributed by atoms with Gasteiger partial charge < -0.3 is 44.6 Å². The van der Waals surface area contributed by atoms with Gasteiger partial charge in [0.15, 0.2) is 0 Å². The molecule has 0 aliphatic heterocycles. The third-order valence-electron chi connectivity index (χ3n) is 12.0. The number of ether oxygens (including phenoxy) is 1. The average Bonchev–Trinajstić information content (AvgIpc) is 3.44. The van der Waals surface area contributed by atoms with Crippen molar-refractivity contribution < 1.29 is 23.4 Å². The van der Waals surface area contributed by atoms with Crippen molar-refractivity contribution >= 4 is 74.5 Å². The van der Waals surface area contributed by atoms with E-state index < -0.39 is 0 Å².